The maximum atomic E-state index is 5.86. The molecule has 0 spiro atoms. The minimum Gasteiger partial charge on any atom is -0.491 e. The molecule has 1 unspecified atom stereocenters. The molecule has 1 aromatic rings. The van der Waals surface area contributed by atoms with Gasteiger partial charge in [0.05, 0.1) is 6.10 Å². The molecule has 1 N–H and O–H groups in total. The van der Waals surface area contributed by atoms with E-state index in [1.54, 1.807) is 0 Å². The molecular weight excluding hydrogens is 248 g/mol. The van der Waals surface area contributed by atoms with Gasteiger partial charge in [-0.3, -0.25) is 0 Å². The molecule has 1 aliphatic heterocycles. The molecule has 1 atom stereocenters. The second kappa shape index (κ2) is 7.53. The van der Waals surface area contributed by atoms with E-state index in [2.05, 4.69) is 49.3 Å². The Morgan fingerprint density at radius 1 is 1.35 bits per heavy atom. The monoisotopic (exact) mass is 276 g/mol. The highest BCUT2D eigenvalue weighted by atomic mass is 16.5. The molecule has 1 saturated heterocycles. The number of nitrogens with zero attached hydrogens (tertiary/aromatic N) is 1. The maximum absolute atomic E-state index is 5.86. The largest absolute Gasteiger partial charge is 0.491 e. The summed E-state index contributed by atoms with van der Waals surface area (Å²) in [6.45, 7) is 7.78. The molecule has 1 aromatic carbocycles. The van der Waals surface area contributed by atoms with E-state index < -0.39 is 0 Å². The van der Waals surface area contributed by atoms with E-state index in [4.69, 9.17) is 4.74 Å². The highest BCUT2D eigenvalue weighted by Gasteiger charge is 2.16. The molecule has 3 heteroatoms. The Kier molecular flexibility index (Phi) is 5.72. The smallest absolute Gasteiger partial charge is 0.121 e. The molecule has 1 fully saturated rings. The summed E-state index contributed by atoms with van der Waals surface area (Å²) >= 11 is 0. The first-order chi connectivity index (χ1) is 9.67. The molecule has 0 bridgehead atoms. The number of likely N-dealkylation sites (tertiary alicyclic amines) is 1. The lowest BCUT2D eigenvalue weighted by atomic mass is 9.97. The summed E-state index contributed by atoms with van der Waals surface area (Å²) < 4.78 is 5.86. The number of rotatable bonds is 6. The summed E-state index contributed by atoms with van der Waals surface area (Å²) in [7, 11) is 2.21. The van der Waals surface area contributed by atoms with Gasteiger partial charge >= 0.3 is 0 Å². The van der Waals surface area contributed by atoms with Crippen molar-refractivity contribution in [1.29, 1.82) is 0 Å². The molecule has 20 heavy (non-hydrogen) atoms. The van der Waals surface area contributed by atoms with Crippen molar-refractivity contribution in [2.75, 3.05) is 32.0 Å². The van der Waals surface area contributed by atoms with Crippen LogP contribution < -0.4 is 10.1 Å². The van der Waals surface area contributed by atoms with Gasteiger partial charge in [-0.15, -0.1) is 0 Å². The van der Waals surface area contributed by atoms with Crippen LogP contribution in [0.4, 0.5) is 5.69 Å². The van der Waals surface area contributed by atoms with Crippen LogP contribution in [0.1, 0.15) is 33.1 Å². The fourth-order valence-electron chi connectivity index (χ4n) is 2.52. The summed E-state index contributed by atoms with van der Waals surface area (Å²) in [4.78, 5) is 2.41. The van der Waals surface area contributed by atoms with Gasteiger partial charge in [0.2, 0.25) is 0 Å². The maximum Gasteiger partial charge on any atom is 0.121 e. The van der Waals surface area contributed by atoms with Gasteiger partial charge in [0.25, 0.3) is 0 Å². The standard InChI is InChI=1S/C17H28N2O/c1-4-14(2)20-17-7-5-6-16(12-17)18-13-15-8-10-19(3)11-9-15/h5-7,12,14-15,18H,4,8-11,13H2,1-3H3. The average molecular weight is 276 g/mol. The second-order valence-electron chi connectivity index (χ2n) is 5.99. The number of nitrogens with one attached hydrogen (secondary N) is 1. The Labute approximate surface area is 123 Å². The van der Waals surface area contributed by atoms with Gasteiger partial charge in [-0.2, -0.15) is 0 Å². The quantitative estimate of drug-likeness (QED) is 0.859. The Morgan fingerprint density at radius 2 is 2.10 bits per heavy atom. The summed E-state index contributed by atoms with van der Waals surface area (Å²) in [6.07, 6.45) is 3.91. The molecule has 0 aliphatic carbocycles. The van der Waals surface area contributed by atoms with Crippen LogP contribution in [0, 0.1) is 5.92 Å². The Hall–Kier alpha value is -1.22. The van der Waals surface area contributed by atoms with Crippen LogP contribution in [0.5, 0.6) is 5.75 Å². The first-order valence-corrected chi connectivity index (χ1v) is 7.86. The van der Waals surface area contributed by atoms with Crippen molar-refractivity contribution < 1.29 is 4.74 Å². The zero-order chi connectivity index (χ0) is 14.4. The third-order valence-electron chi connectivity index (χ3n) is 4.18. The lowest BCUT2D eigenvalue weighted by Gasteiger charge is -2.29. The van der Waals surface area contributed by atoms with Crippen molar-refractivity contribution in [3.8, 4) is 5.75 Å². The number of piperidine rings is 1. The van der Waals surface area contributed by atoms with Crippen molar-refractivity contribution in [3.63, 3.8) is 0 Å². The van der Waals surface area contributed by atoms with Gasteiger partial charge in [0.15, 0.2) is 0 Å². The third kappa shape index (κ3) is 4.71. The number of hydrogen-bond acceptors (Lipinski definition) is 3. The summed E-state index contributed by atoms with van der Waals surface area (Å²) in [5.74, 6) is 1.76. The minimum atomic E-state index is 0.277. The Balaban J connectivity index is 1.82. The van der Waals surface area contributed by atoms with Gasteiger partial charge in [-0.1, -0.05) is 13.0 Å². The third-order valence-corrected chi connectivity index (χ3v) is 4.18. The molecule has 0 aromatic heterocycles. The summed E-state index contributed by atoms with van der Waals surface area (Å²) in [6, 6.07) is 8.33. The molecule has 1 aliphatic rings. The van der Waals surface area contributed by atoms with E-state index in [0.29, 0.717) is 0 Å². The van der Waals surface area contributed by atoms with Crippen molar-refractivity contribution in [1.82, 2.24) is 4.90 Å². The van der Waals surface area contributed by atoms with E-state index in [9.17, 15) is 0 Å². The van der Waals surface area contributed by atoms with Gasteiger partial charge in [-0.25, -0.2) is 0 Å². The van der Waals surface area contributed by atoms with E-state index in [0.717, 1.165) is 24.6 Å². The van der Waals surface area contributed by atoms with Crippen LogP contribution >= 0.6 is 0 Å². The summed E-state index contributed by atoms with van der Waals surface area (Å²) in [5, 5.41) is 3.56. The fraction of sp³-hybridized carbons (Fsp3) is 0.647. The van der Waals surface area contributed by atoms with Crippen LogP contribution in [0.15, 0.2) is 24.3 Å². The first kappa shape index (κ1) is 15.2. The van der Waals surface area contributed by atoms with E-state index in [1.165, 1.54) is 31.6 Å². The first-order valence-electron chi connectivity index (χ1n) is 7.86. The van der Waals surface area contributed by atoms with Crippen LogP contribution in [-0.2, 0) is 0 Å². The van der Waals surface area contributed by atoms with Gasteiger partial charge in [0.1, 0.15) is 5.75 Å². The number of anilines is 1. The second-order valence-corrected chi connectivity index (χ2v) is 5.99. The van der Waals surface area contributed by atoms with Crippen molar-refractivity contribution >= 4 is 5.69 Å². The Bertz CT molecular complexity index is 400. The van der Waals surface area contributed by atoms with Crippen molar-refractivity contribution in [3.05, 3.63) is 24.3 Å². The topological polar surface area (TPSA) is 24.5 Å². The predicted octanol–water partition coefficient (Wildman–Crippen LogP) is 3.62. The molecule has 1 heterocycles. The van der Waals surface area contributed by atoms with Crippen molar-refractivity contribution in [2.45, 2.75) is 39.2 Å². The van der Waals surface area contributed by atoms with Crippen LogP contribution in [0.3, 0.4) is 0 Å². The van der Waals surface area contributed by atoms with Gasteiger partial charge in [-0.05, 0) is 64.4 Å². The normalized spacial score (nSPS) is 18.8. The van der Waals surface area contributed by atoms with E-state index in [1.807, 2.05) is 6.07 Å². The van der Waals surface area contributed by atoms with E-state index >= 15 is 0 Å². The van der Waals surface area contributed by atoms with Crippen LogP contribution in [-0.4, -0.2) is 37.7 Å². The van der Waals surface area contributed by atoms with E-state index in [-0.39, 0.29) is 6.10 Å². The number of benzene rings is 1. The summed E-state index contributed by atoms with van der Waals surface area (Å²) in [5.41, 5.74) is 1.17. The minimum absolute atomic E-state index is 0.277. The highest BCUT2D eigenvalue weighted by Crippen LogP contribution is 2.21. The molecule has 3 nitrogen and oxygen atoms in total. The fourth-order valence-corrected chi connectivity index (χ4v) is 2.52. The zero-order valence-corrected chi connectivity index (χ0v) is 13.1. The SMILES string of the molecule is CCC(C)Oc1cccc(NCC2CCN(C)CC2)c1. The highest BCUT2D eigenvalue weighted by molar-refractivity contribution is 5.48. The molecule has 0 amide bonds. The van der Waals surface area contributed by atoms with Gasteiger partial charge < -0.3 is 15.0 Å². The number of hydrogen-bond donors (Lipinski definition) is 1. The molecule has 0 saturated carbocycles. The molecule has 0 radical (unpaired) electrons. The molecule has 112 valence electrons. The van der Waals surface area contributed by atoms with Crippen molar-refractivity contribution in [2.24, 2.45) is 5.92 Å². The zero-order valence-electron chi connectivity index (χ0n) is 13.1. The lowest BCUT2D eigenvalue weighted by Crippen LogP contribution is -2.32. The average Bonchev–Trinajstić information content (AvgIpc) is 2.47. The number of ether oxygens (including phenoxy) is 1. The van der Waals surface area contributed by atoms with Crippen LogP contribution in [0.25, 0.3) is 0 Å². The van der Waals surface area contributed by atoms with Crippen LogP contribution in [0.2, 0.25) is 0 Å². The molecular formula is C17H28N2O. The predicted molar refractivity (Wildman–Crippen MR) is 85.5 cm³/mol. The Morgan fingerprint density at radius 3 is 2.80 bits per heavy atom. The molecule has 2 rings (SSSR count). The lowest BCUT2D eigenvalue weighted by molar-refractivity contribution is 0.217. The van der Waals surface area contributed by atoms with Gasteiger partial charge in [0, 0.05) is 18.3 Å².